The van der Waals surface area contributed by atoms with E-state index in [0.717, 1.165) is 19.3 Å². The number of unbranched alkanes of at least 4 members (excludes halogenated alkanes) is 1. The highest BCUT2D eigenvalue weighted by Gasteiger charge is 2.16. The summed E-state index contributed by atoms with van der Waals surface area (Å²) in [5.74, 6) is -0.344. The molecule has 1 rings (SSSR count). The molecule has 0 aliphatic heterocycles. The van der Waals surface area contributed by atoms with E-state index in [1.165, 1.54) is 0 Å². The second-order valence-electron chi connectivity index (χ2n) is 4.34. The quantitative estimate of drug-likeness (QED) is 0.675. The molecule has 0 aliphatic rings. The summed E-state index contributed by atoms with van der Waals surface area (Å²) < 4.78 is 10.8. The van der Waals surface area contributed by atoms with Gasteiger partial charge in [-0.25, -0.2) is 4.79 Å². The summed E-state index contributed by atoms with van der Waals surface area (Å²) in [6.45, 7) is 5.10. The lowest BCUT2D eigenvalue weighted by Gasteiger charge is -2.17. The highest BCUT2D eigenvalue weighted by atomic mass is 35.5. The van der Waals surface area contributed by atoms with Crippen LogP contribution < -0.4 is 0 Å². The Kier molecular flexibility index (Phi) is 7.53. The largest absolute Gasteiger partial charge is 0.456 e. The second kappa shape index (κ2) is 8.94. The zero-order chi connectivity index (χ0) is 14.1. The molecule has 0 saturated carbocycles. The van der Waals surface area contributed by atoms with Crippen LogP contribution in [0.5, 0.6) is 0 Å². The molecule has 0 bridgehead atoms. The molecule has 19 heavy (non-hydrogen) atoms. The van der Waals surface area contributed by atoms with Crippen molar-refractivity contribution in [2.45, 2.75) is 39.2 Å². The second-order valence-corrected chi connectivity index (χ2v) is 4.78. The van der Waals surface area contributed by atoms with Gasteiger partial charge in [-0.2, -0.15) is 0 Å². The molecule has 1 aromatic carbocycles. The van der Waals surface area contributed by atoms with E-state index in [2.05, 4.69) is 6.92 Å². The van der Waals surface area contributed by atoms with Gasteiger partial charge in [0, 0.05) is 11.6 Å². The molecule has 0 N–H and O–H groups in total. The molecule has 1 aromatic rings. The predicted molar refractivity (Wildman–Crippen MR) is 76.7 cm³/mol. The van der Waals surface area contributed by atoms with Crippen molar-refractivity contribution in [3.8, 4) is 0 Å². The maximum absolute atomic E-state index is 12.0. The Morgan fingerprint density at radius 2 is 2.16 bits per heavy atom. The lowest BCUT2D eigenvalue weighted by molar-refractivity contribution is -0.00539. The van der Waals surface area contributed by atoms with Crippen molar-refractivity contribution < 1.29 is 14.3 Å². The average molecular weight is 285 g/mol. The fourth-order valence-electron chi connectivity index (χ4n) is 1.69. The molecule has 0 fully saturated rings. The van der Waals surface area contributed by atoms with E-state index in [0.29, 0.717) is 23.8 Å². The molecular weight excluding hydrogens is 264 g/mol. The Morgan fingerprint density at radius 1 is 1.37 bits per heavy atom. The molecule has 1 atom stereocenters. The van der Waals surface area contributed by atoms with E-state index >= 15 is 0 Å². The van der Waals surface area contributed by atoms with Crippen LogP contribution in [0, 0.1) is 0 Å². The highest BCUT2D eigenvalue weighted by molar-refractivity contribution is 6.30. The summed E-state index contributed by atoms with van der Waals surface area (Å²) in [6.07, 6.45) is 2.71. The van der Waals surface area contributed by atoms with Gasteiger partial charge in [-0.05, 0) is 38.0 Å². The molecule has 4 heteroatoms. The van der Waals surface area contributed by atoms with Gasteiger partial charge in [0.2, 0.25) is 0 Å². The first kappa shape index (κ1) is 16.0. The van der Waals surface area contributed by atoms with Gasteiger partial charge < -0.3 is 9.47 Å². The van der Waals surface area contributed by atoms with Crippen molar-refractivity contribution in [2.75, 3.05) is 13.2 Å². The van der Waals surface area contributed by atoms with Crippen LogP contribution in [0.1, 0.15) is 43.5 Å². The Hall–Kier alpha value is -1.06. The lowest BCUT2D eigenvalue weighted by Crippen LogP contribution is -2.23. The van der Waals surface area contributed by atoms with E-state index < -0.39 is 0 Å². The van der Waals surface area contributed by atoms with Crippen molar-refractivity contribution in [1.82, 2.24) is 0 Å². The summed E-state index contributed by atoms with van der Waals surface area (Å²) in [4.78, 5) is 12.0. The summed E-state index contributed by atoms with van der Waals surface area (Å²) in [5, 5.41) is 0.532. The fourth-order valence-corrected chi connectivity index (χ4v) is 1.88. The van der Waals surface area contributed by atoms with E-state index in [-0.39, 0.29) is 12.1 Å². The van der Waals surface area contributed by atoms with Gasteiger partial charge in [0.1, 0.15) is 6.10 Å². The van der Waals surface area contributed by atoms with Crippen molar-refractivity contribution in [1.29, 1.82) is 0 Å². The number of ether oxygens (including phenoxy) is 2. The Morgan fingerprint density at radius 3 is 2.79 bits per heavy atom. The maximum Gasteiger partial charge on any atom is 0.338 e. The van der Waals surface area contributed by atoms with Crippen LogP contribution in [-0.4, -0.2) is 25.3 Å². The number of hydrogen-bond acceptors (Lipinski definition) is 3. The normalized spacial score (nSPS) is 12.2. The van der Waals surface area contributed by atoms with Crippen LogP contribution in [0.2, 0.25) is 5.02 Å². The molecule has 0 spiro atoms. The molecule has 1 unspecified atom stereocenters. The van der Waals surface area contributed by atoms with Gasteiger partial charge in [0.25, 0.3) is 0 Å². The number of halogens is 1. The lowest BCUT2D eigenvalue weighted by atomic mass is 10.1. The molecule has 0 aromatic heterocycles. The molecule has 0 aliphatic carbocycles. The van der Waals surface area contributed by atoms with E-state index in [9.17, 15) is 4.79 Å². The summed E-state index contributed by atoms with van der Waals surface area (Å²) in [6, 6.07) is 6.78. The SMILES string of the molecule is CCCCC(COCC)OC(=O)c1cccc(Cl)c1. The van der Waals surface area contributed by atoms with Crippen LogP contribution >= 0.6 is 11.6 Å². The monoisotopic (exact) mass is 284 g/mol. The topological polar surface area (TPSA) is 35.5 Å². The van der Waals surface area contributed by atoms with E-state index in [1.807, 2.05) is 6.92 Å². The average Bonchev–Trinajstić information content (AvgIpc) is 2.41. The third-order valence-electron chi connectivity index (χ3n) is 2.72. The first-order chi connectivity index (χ1) is 9.17. The van der Waals surface area contributed by atoms with E-state index in [4.69, 9.17) is 21.1 Å². The van der Waals surface area contributed by atoms with Crippen molar-refractivity contribution in [3.05, 3.63) is 34.9 Å². The number of carbonyl (C=O) groups excluding carboxylic acids is 1. The zero-order valence-electron chi connectivity index (χ0n) is 11.5. The number of esters is 1. The molecule has 3 nitrogen and oxygen atoms in total. The van der Waals surface area contributed by atoms with Crippen LogP contribution in [0.15, 0.2) is 24.3 Å². The first-order valence-corrected chi connectivity index (χ1v) is 7.09. The van der Waals surface area contributed by atoms with Gasteiger partial charge in [-0.15, -0.1) is 0 Å². The number of benzene rings is 1. The Balaban J connectivity index is 2.58. The van der Waals surface area contributed by atoms with E-state index in [1.54, 1.807) is 24.3 Å². The molecule has 106 valence electrons. The third-order valence-corrected chi connectivity index (χ3v) is 2.96. The Bertz CT molecular complexity index is 385. The molecule has 0 amide bonds. The highest BCUT2D eigenvalue weighted by Crippen LogP contribution is 2.14. The molecule has 0 saturated heterocycles. The minimum Gasteiger partial charge on any atom is -0.456 e. The minimum atomic E-state index is -0.344. The van der Waals surface area contributed by atoms with Crippen molar-refractivity contribution >= 4 is 17.6 Å². The third kappa shape index (κ3) is 6.08. The van der Waals surface area contributed by atoms with Crippen molar-refractivity contribution in [3.63, 3.8) is 0 Å². The summed E-state index contributed by atoms with van der Waals surface area (Å²) in [7, 11) is 0. The first-order valence-electron chi connectivity index (χ1n) is 6.71. The maximum atomic E-state index is 12.0. The smallest absolute Gasteiger partial charge is 0.338 e. The Labute approximate surface area is 119 Å². The summed E-state index contributed by atoms with van der Waals surface area (Å²) in [5.41, 5.74) is 0.477. The fraction of sp³-hybridized carbons (Fsp3) is 0.533. The van der Waals surface area contributed by atoms with Crippen LogP contribution in [-0.2, 0) is 9.47 Å². The number of carbonyl (C=O) groups is 1. The number of rotatable bonds is 8. The van der Waals surface area contributed by atoms with Crippen molar-refractivity contribution in [2.24, 2.45) is 0 Å². The molecular formula is C15H21ClO3. The molecule has 0 heterocycles. The predicted octanol–water partition coefficient (Wildman–Crippen LogP) is 4.09. The zero-order valence-corrected chi connectivity index (χ0v) is 12.3. The molecule has 0 radical (unpaired) electrons. The summed E-state index contributed by atoms with van der Waals surface area (Å²) >= 11 is 5.86. The van der Waals surface area contributed by atoms with Crippen LogP contribution in [0.3, 0.4) is 0 Å². The van der Waals surface area contributed by atoms with Crippen LogP contribution in [0.4, 0.5) is 0 Å². The van der Waals surface area contributed by atoms with Gasteiger partial charge in [-0.1, -0.05) is 31.0 Å². The van der Waals surface area contributed by atoms with Gasteiger partial charge >= 0.3 is 5.97 Å². The number of hydrogen-bond donors (Lipinski definition) is 0. The van der Waals surface area contributed by atoms with Gasteiger partial charge in [0.15, 0.2) is 0 Å². The standard InChI is InChI=1S/C15H21ClO3/c1-3-5-9-14(11-18-4-2)19-15(17)12-7-6-8-13(16)10-12/h6-8,10,14H,3-5,9,11H2,1-2H3. The van der Waals surface area contributed by atoms with Gasteiger partial charge in [0.05, 0.1) is 12.2 Å². The van der Waals surface area contributed by atoms with Gasteiger partial charge in [-0.3, -0.25) is 0 Å². The van der Waals surface area contributed by atoms with Crippen LogP contribution in [0.25, 0.3) is 0 Å². The minimum absolute atomic E-state index is 0.189.